The minimum atomic E-state index is -3.85. The summed E-state index contributed by atoms with van der Waals surface area (Å²) in [6.07, 6.45) is 0. The Morgan fingerprint density at radius 1 is 1.06 bits per heavy atom. The molecule has 0 aliphatic rings. The second-order valence-corrected chi connectivity index (χ2v) is 10.5. The van der Waals surface area contributed by atoms with Gasteiger partial charge in [0.2, 0.25) is 0 Å². The Kier molecular flexibility index (Phi) is 6.09. The topological polar surface area (TPSA) is 88.5 Å². The molecule has 0 bridgehead atoms. The molecule has 1 N–H and O–H groups in total. The Hall–Kier alpha value is -3.43. The summed E-state index contributed by atoms with van der Waals surface area (Å²) in [4.78, 5) is 25.3. The number of nitrogens with one attached hydrogen (secondary N) is 1. The summed E-state index contributed by atoms with van der Waals surface area (Å²) in [5, 5.41) is 2.83. The molecule has 1 amide bonds. The standard InChI is InChI=1S/C24H23N3O4S2/c1-4-27-21-14-11-17(15-22(21)32-24(27)29)25-23(28)19-7-5-6-8-20(19)26(3)33(30,31)18-12-9-16(2)10-13-18/h5-15H,4H2,1-3H3,(H,25,28). The first-order valence-electron chi connectivity index (χ1n) is 10.3. The monoisotopic (exact) mass is 481 g/mol. The minimum Gasteiger partial charge on any atom is -0.322 e. The number of amides is 1. The van der Waals surface area contributed by atoms with Gasteiger partial charge in [-0.3, -0.25) is 18.5 Å². The Balaban J connectivity index is 1.65. The molecule has 0 atom stereocenters. The number of hydrogen-bond acceptors (Lipinski definition) is 5. The van der Waals surface area contributed by atoms with Crippen LogP contribution in [0.25, 0.3) is 10.2 Å². The molecule has 0 radical (unpaired) electrons. The normalized spacial score (nSPS) is 11.5. The van der Waals surface area contributed by atoms with Gasteiger partial charge in [0.15, 0.2) is 0 Å². The number of sulfonamides is 1. The third kappa shape index (κ3) is 4.29. The Morgan fingerprint density at radius 3 is 2.45 bits per heavy atom. The van der Waals surface area contributed by atoms with Crippen molar-refractivity contribution in [3.05, 3.63) is 87.5 Å². The number of para-hydroxylation sites is 1. The summed E-state index contributed by atoms with van der Waals surface area (Å²) in [7, 11) is -2.43. The number of thiazole rings is 1. The van der Waals surface area contributed by atoms with E-state index in [1.807, 2.05) is 13.8 Å². The van der Waals surface area contributed by atoms with Crippen LogP contribution in [-0.2, 0) is 16.6 Å². The van der Waals surface area contributed by atoms with E-state index < -0.39 is 15.9 Å². The molecule has 1 heterocycles. The fraction of sp³-hybridized carbons (Fsp3) is 0.167. The van der Waals surface area contributed by atoms with Gasteiger partial charge in [0.05, 0.1) is 26.4 Å². The molecule has 0 fully saturated rings. The first-order valence-corrected chi connectivity index (χ1v) is 12.6. The van der Waals surface area contributed by atoms with Gasteiger partial charge in [0.25, 0.3) is 15.9 Å². The van der Waals surface area contributed by atoms with Crippen molar-refractivity contribution >= 4 is 48.9 Å². The molecule has 0 saturated carbocycles. The molecule has 0 aliphatic heterocycles. The lowest BCUT2D eigenvalue weighted by Crippen LogP contribution is -2.29. The number of anilines is 2. The van der Waals surface area contributed by atoms with Crippen molar-refractivity contribution in [2.75, 3.05) is 16.7 Å². The molecule has 1 aromatic heterocycles. The molecule has 7 nitrogen and oxygen atoms in total. The Bertz CT molecular complexity index is 1500. The van der Waals surface area contributed by atoms with Crippen molar-refractivity contribution in [3.8, 4) is 0 Å². The van der Waals surface area contributed by atoms with Crippen molar-refractivity contribution in [2.45, 2.75) is 25.3 Å². The van der Waals surface area contributed by atoms with E-state index in [1.165, 1.54) is 7.05 Å². The summed E-state index contributed by atoms with van der Waals surface area (Å²) in [6.45, 7) is 4.36. The fourth-order valence-corrected chi connectivity index (χ4v) is 5.79. The van der Waals surface area contributed by atoms with Crippen molar-refractivity contribution in [3.63, 3.8) is 0 Å². The van der Waals surface area contributed by atoms with E-state index in [4.69, 9.17) is 0 Å². The molecule has 0 aliphatic carbocycles. The van der Waals surface area contributed by atoms with Crippen LogP contribution in [0.4, 0.5) is 11.4 Å². The molecule has 3 aromatic carbocycles. The zero-order chi connectivity index (χ0) is 23.8. The predicted molar refractivity (Wildman–Crippen MR) is 133 cm³/mol. The lowest BCUT2D eigenvalue weighted by atomic mass is 10.1. The highest BCUT2D eigenvalue weighted by Crippen LogP contribution is 2.27. The lowest BCUT2D eigenvalue weighted by Gasteiger charge is -2.22. The molecule has 33 heavy (non-hydrogen) atoms. The Labute approximate surface area is 196 Å². The molecule has 0 saturated heterocycles. The Morgan fingerprint density at radius 2 is 1.76 bits per heavy atom. The van der Waals surface area contributed by atoms with Crippen LogP contribution in [0.15, 0.2) is 76.4 Å². The van der Waals surface area contributed by atoms with E-state index >= 15 is 0 Å². The van der Waals surface area contributed by atoms with Crippen molar-refractivity contribution in [1.29, 1.82) is 0 Å². The third-order valence-corrected chi connectivity index (χ3v) is 8.14. The van der Waals surface area contributed by atoms with Crippen LogP contribution >= 0.6 is 11.3 Å². The lowest BCUT2D eigenvalue weighted by molar-refractivity contribution is 0.102. The molecule has 9 heteroatoms. The maximum Gasteiger partial charge on any atom is 0.308 e. The van der Waals surface area contributed by atoms with Crippen LogP contribution in [-0.4, -0.2) is 25.9 Å². The highest BCUT2D eigenvalue weighted by Gasteiger charge is 2.25. The second kappa shape index (κ2) is 8.84. The average Bonchev–Trinajstić information content (AvgIpc) is 3.12. The van der Waals surface area contributed by atoms with E-state index in [1.54, 1.807) is 71.3 Å². The number of nitrogens with zero attached hydrogens (tertiary/aromatic N) is 2. The van der Waals surface area contributed by atoms with Crippen molar-refractivity contribution in [1.82, 2.24) is 4.57 Å². The number of carbonyl (C=O) groups excluding carboxylic acids is 1. The molecule has 4 aromatic rings. The van der Waals surface area contributed by atoms with Crippen molar-refractivity contribution in [2.24, 2.45) is 0 Å². The number of fused-ring (bicyclic) bond motifs is 1. The zero-order valence-corrected chi connectivity index (χ0v) is 20.0. The smallest absolute Gasteiger partial charge is 0.308 e. The van der Waals surface area contributed by atoms with E-state index in [9.17, 15) is 18.0 Å². The highest BCUT2D eigenvalue weighted by molar-refractivity contribution is 7.92. The SMILES string of the molecule is CCn1c(=O)sc2cc(NC(=O)c3ccccc3N(C)S(=O)(=O)c3ccc(C)cc3)ccc21. The van der Waals surface area contributed by atoms with Gasteiger partial charge in [-0.15, -0.1) is 0 Å². The number of carbonyl (C=O) groups is 1. The van der Waals surface area contributed by atoms with Gasteiger partial charge in [-0.25, -0.2) is 8.42 Å². The van der Waals surface area contributed by atoms with Gasteiger partial charge in [-0.2, -0.15) is 0 Å². The first kappa shape index (κ1) is 22.8. The molecule has 0 spiro atoms. The number of aryl methyl sites for hydroxylation is 2. The molecule has 170 valence electrons. The van der Waals surface area contributed by atoms with Crippen LogP contribution < -0.4 is 14.5 Å². The van der Waals surface area contributed by atoms with E-state index in [-0.39, 0.29) is 21.0 Å². The van der Waals surface area contributed by atoms with Gasteiger partial charge in [0, 0.05) is 19.3 Å². The largest absolute Gasteiger partial charge is 0.322 e. The number of rotatable bonds is 6. The van der Waals surface area contributed by atoms with Crippen LogP contribution in [0, 0.1) is 6.92 Å². The van der Waals surface area contributed by atoms with Crippen LogP contribution in [0.5, 0.6) is 0 Å². The summed E-state index contributed by atoms with van der Waals surface area (Å²) in [5.41, 5.74) is 2.77. The van der Waals surface area contributed by atoms with Crippen LogP contribution in [0.3, 0.4) is 0 Å². The molecular formula is C24H23N3O4S2. The average molecular weight is 482 g/mol. The van der Waals surface area contributed by atoms with Gasteiger partial charge < -0.3 is 5.32 Å². The van der Waals surface area contributed by atoms with Gasteiger partial charge in [-0.1, -0.05) is 41.2 Å². The number of benzene rings is 3. The first-order chi connectivity index (χ1) is 15.7. The van der Waals surface area contributed by atoms with E-state index in [0.29, 0.717) is 12.2 Å². The quantitative estimate of drug-likeness (QED) is 0.440. The van der Waals surface area contributed by atoms with Gasteiger partial charge in [-0.05, 0) is 56.3 Å². The third-order valence-electron chi connectivity index (χ3n) is 5.41. The van der Waals surface area contributed by atoms with Gasteiger partial charge >= 0.3 is 4.87 Å². The summed E-state index contributed by atoms with van der Waals surface area (Å²) >= 11 is 1.12. The molecular weight excluding hydrogens is 458 g/mol. The van der Waals surface area contributed by atoms with E-state index in [2.05, 4.69) is 5.32 Å². The molecule has 0 unspecified atom stereocenters. The predicted octanol–water partition coefficient (Wildman–Crippen LogP) is 4.47. The second-order valence-electron chi connectivity index (χ2n) is 7.55. The van der Waals surface area contributed by atoms with Gasteiger partial charge in [0.1, 0.15) is 0 Å². The minimum absolute atomic E-state index is 0.0516. The van der Waals surface area contributed by atoms with Crippen LogP contribution in [0.2, 0.25) is 0 Å². The number of aromatic nitrogens is 1. The zero-order valence-electron chi connectivity index (χ0n) is 18.4. The molecule has 4 rings (SSSR count). The number of hydrogen-bond donors (Lipinski definition) is 1. The maximum atomic E-state index is 13.1. The summed E-state index contributed by atoms with van der Waals surface area (Å²) in [5.74, 6) is -0.446. The summed E-state index contributed by atoms with van der Waals surface area (Å²) < 4.78 is 29.9. The highest BCUT2D eigenvalue weighted by atomic mass is 32.2. The maximum absolute atomic E-state index is 13.1. The van der Waals surface area contributed by atoms with Crippen molar-refractivity contribution < 1.29 is 13.2 Å². The van der Waals surface area contributed by atoms with Crippen LogP contribution in [0.1, 0.15) is 22.8 Å². The summed E-state index contributed by atoms with van der Waals surface area (Å²) in [6, 6.07) is 18.4. The fourth-order valence-electron chi connectivity index (χ4n) is 3.58. The van der Waals surface area contributed by atoms with E-state index in [0.717, 1.165) is 31.4 Å².